The molecule has 0 bridgehead atoms. The number of aromatic hydroxyl groups is 1. The van der Waals surface area contributed by atoms with Crippen molar-refractivity contribution in [3.63, 3.8) is 0 Å². The summed E-state index contributed by atoms with van der Waals surface area (Å²) in [6.07, 6.45) is 2.38. The van der Waals surface area contributed by atoms with Crippen molar-refractivity contribution in [2.45, 2.75) is 38.9 Å². The molecule has 2 atom stereocenters. The molecular weight excluding hydrogens is 352 g/mol. The lowest BCUT2D eigenvalue weighted by atomic mass is 10.1. The van der Waals surface area contributed by atoms with Gasteiger partial charge in [0.2, 0.25) is 5.91 Å². The van der Waals surface area contributed by atoms with E-state index in [1.54, 1.807) is 6.07 Å². The topological polar surface area (TPSA) is 59.9 Å². The molecule has 1 aromatic carbocycles. The van der Waals surface area contributed by atoms with Crippen molar-refractivity contribution in [1.82, 2.24) is 14.8 Å². The van der Waals surface area contributed by atoms with Gasteiger partial charge in [0.1, 0.15) is 11.6 Å². The Kier molecular flexibility index (Phi) is 5.22. The summed E-state index contributed by atoms with van der Waals surface area (Å²) in [5, 5.41) is 9.43. The molecule has 2 aromatic rings. The minimum Gasteiger partial charge on any atom is -0.506 e. The predicted molar refractivity (Wildman–Crippen MR) is 109 cm³/mol. The molecule has 6 heteroatoms. The van der Waals surface area contributed by atoms with Crippen molar-refractivity contribution in [3.8, 4) is 5.75 Å². The molecule has 6 nitrogen and oxygen atoms in total. The van der Waals surface area contributed by atoms with Crippen LogP contribution in [0.3, 0.4) is 0 Å². The van der Waals surface area contributed by atoms with Gasteiger partial charge in [0.15, 0.2) is 0 Å². The number of carbonyl (C=O) groups excluding carboxylic acids is 1. The Morgan fingerprint density at radius 1 is 1.11 bits per heavy atom. The monoisotopic (exact) mass is 380 g/mol. The zero-order chi connectivity index (χ0) is 19.7. The van der Waals surface area contributed by atoms with Gasteiger partial charge in [-0.1, -0.05) is 29.8 Å². The number of rotatable bonds is 4. The van der Waals surface area contributed by atoms with Gasteiger partial charge in [-0.3, -0.25) is 9.69 Å². The number of nitrogens with zero attached hydrogens (tertiary/aromatic N) is 4. The molecule has 1 N–H and O–H groups in total. The van der Waals surface area contributed by atoms with Crippen molar-refractivity contribution in [3.05, 3.63) is 53.7 Å². The summed E-state index contributed by atoms with van der Waals surface area (Å²) in [5.41, 5.74) is 2.43. The number of carbonyl (C=O) groups is 1. The van der Waals surface area contributed by atoms with Crippen LogP contribution in [0.25, 0.3) is 0 Å². The average Bonchev–Trinajstić information content (AvgIpc) is 3.04. The summed E-state index contributed by atoms with van der Waals surface area (Å²) < 4.78 is 0. The van der Waals surface area contributed by atoms with Gasteiger partial charge in [-0.2, -0.15) is 0 Å². The molecule has 28 heavy (non-hydrogen) atoms. The summed E-state index contributed by atoms with van der Waals surface area (Å²) in [5.74, 6) is 1.31. The Morgan fingerprint density at radius 2 is 1.89 bits per heavy atom. The van der Waals surface area contributed by atoms with Crippen LogP contribution >= 0.6 is 0 Å². The highest BCUT2D eigenvalue weighted by atomic mass is 16.3. The van der Waals surface area contributed by atoms with Crippen LogP contribution in [0.2, 0.25) is 0 Å². The second kappa shape index (κ2) is 7.80. The van der Waals surface area contributed by atoms with Gasteiger partial charge < -0.3 is 14.9 Å². The van der Waals surface area contributed by atoms with Crippen LogP contribution in [0.4, 0.5) is 5.82 Å². The minimum absolute atomic E-state index is 0.0182. The maximum absolute atomic E-state index is 13.0. The number of piperazine rings is 1. The summed E-state index contributed by atoms with van der Waals surface area (Å²) in [6, 6.07) is 12.2. The maximum Gasteiger partial charge on any atom is 0.240 e. The molecule has 2 aliphatic heterocycles. The van der Waals surface area contributed by atoms with Gasteiger partial charge in [-0.05, 0) is 38.0 Å². The Morgan fingerprint density at radius 3 is 2.57 bits per heavy atom. The van der Waals surface area contributed by atoms with Crippen LogP contribution in [0.1, 0.15) is 24.5 Å². The third kappa shape index (κ3) is 3.83. The van der Waals surface area contributed by atoms with Gasteiger partial charge in [0.05, 0.1) is 12.2 Å². The van der Waals surface area contributed by atoms with Crippen LogP contribution in [-0.4, -0.2) is 64.1 Å². The van der Waals surface area contributed by atoms with E-state index in [0.29, 0.717) is 6.54 Å². The first kappa shape index (κ1) is 18.7. The number of hydrogen-bond acceptors (Lipinski definition) is 5. The van der Waals surface area contributed by atoms with Crippen LogP contribution in [0, 0.1) is 6.92 Å². The molecule has 1 aromatic heterocycles. The molecule has 2 unspecified atom stereocenters. The van der Waals surface area contributed by atoms with E-state index in [1.165, 1.54) is 17.3 Å². The van der Waals surface area contributed by atoms with E-state index in [1.807, 2.05) is 11.0 Å². The molecule has 2 fully saturated rings. The highest BCUT2D eigenvalue weighted by molar-refractivity contribution is 5.84. The minimum atomic E-state index is -0.0182. The van der Waals surface area contributed by atoms with Gasteiger partial charge in [0, 0.05) is 38.8 Å². The molecule has 0 spiro atoms. The Labute approximate surface area is 166 Å². The van der Waals surface area contributed by atoms with Crippen molar-refractivity contribution >= 4 is 11.7 Å². The number of hydrogen-bond donors (Lipinski definition) is 1. The Bertz CT molecular complexity index is 821. The van der Waals surface area contributed by atoms with Crippen molar-refractivity contribution in [2.24, 2.45) is 0 Å². The molecule has 2 saturated heterocycles. The fourth-order valence-electron chi connectivity index (χ4n) is 4.31. The summed E-state index contributed by atoms with van der Waals surface area (Å²) in [6.45, 7) is 8.30. The van der Waals surface area contributed by atoms with Gasteiger partial charge >= 0.3 is 0 Å². The van der Waals surface area contributed by atoms with E-state index in [0.717, 1.165) is 38.4 Å². The van der Waals surface area contributed by atoms with E-state index in [9.17, 15) is 9.90 Å². The standard InChI is InChI=1S/C22H28N4O2/c1-16-3-5-18(6-4-16)15-25-10-9-20(22(25)28)26-12-11-24(14-17(26)2)21-8-7-19(27)13-23-21/h3-8,13,17,20,27H,9-12,14-15H2,1-2H3. The number of aromatic nitrogens is 1. The highest BCUT2D eigenvalue weighted by Gasteiger charge is 2.39. The van der Waals surface area contributed by atoms with E-state index in [-0.39, 0.29) is 23.7 Å². The number of amides is 1. The molecule has 3 heterocycles. The van der Waals surface area contributed by atoms with Crippen molar-refractivity contribution in [1.29, 1.82) is 0 Å². The van der Waals surface area contributed by atoms with Gasteiger partial charge in [-0.25, -0.2) is 4.98 Å². The van der Waals surface area contributed by atoms with Crippen LogP contribution < -0.4 is 4.90 Å². The smallest absolute Gasteiger partial charge is 0.240 e. The zero-order valence-electron chi connectivity index (χ0n) is 16.6. The molecule has 2 aliphatic rings. The third-order valence-corrected chi connectivity index (χ3v) is 5.90. The maximum atomic E-state index is 13.0. The zero-order valence-corrected chi connectivity index (χ0v) is 16.6. The summed E-state index contributed by atoms with van der Waals surface area (Å²) in [7, 11) is 0. The molecule has 1 amide bonds. The molecule has 4 rings (SSSR count). The lowest BCUT2D eigenvalue weighted by molar-refractivity contribution is -0.133. The van der Waals surface area contributed by atoms with Gasteiger partial charge in [0.25, 0.3) is 0 Å². The van der Waals surface area contributed by atoms with E-state index in [2.05, 4.69) is 52.9 Å². The number of anilines is 1. The molecule has 0 aliphatic carbocycles. The number of likely N-dealkylation sites (tertiary alicyclic amines) is 1. The van der Waals surface area contributed by atoms with Gasteiger partial charge in [-0.15, -0.1) is 0 Å². The number of aryl methyl sites for hydroxylation is 1. The van der Waals surface area contributed by atoms with Crippen molar-refractivity contribution < 1.29 is 9.90 Å². The molecule has 0 radical (unpaired) electrons. The first-order valence-corrected chi connectivity index (χ1v) is 10.0. The van der Waals surface area contributed by atoms with Crippen LogP contribution in [-0.2, 0) is 11.3 Å². The Hall–Kier alpha value is -2.60. The second-order valence-corrected chi connectivity index (χ2v) is 7.96. The van der Waals surface area contributed by atoms with E-state index < -0.39 is 0 Å². The van der Waals surface area contributed by atoms with Crippen LogP contribution in [0.15, 0.2) is 42.6 Å². The normalized spacial score (nSPS) is 23.4. The average molecular weight is 380 g/mol. The predicted octanol–water partition coefficient (Wildman–Crippen LogP) is 2.41. The fourth-order valence-corrected chi connectivity index (χ4v) is 4.31. The molecular formula is C22H28N4O2. The third-order valence-electron chi connectivity index (χ3n) is 5.90. The summed E-state index contributed by atoms with van der Waals surface area (Å²) >= 11 is 0. The highest BCUT2D eigenvalue weighted by Crippen LogP contribution is 2.25. The first-order chi connectivity index (χ1) is 13.5. The lowest BCUT2D eigenvalue weighted by Gasteiger charge is -2.42. The van der Waals surface area contributed by atoms with Crippen molar-refractivity contribution in [2.75, 3.05) is 31.1 Å². The summed E-state index contributed by atoms with van der Waals surface area (Å²) in [4.78, 5) is 23.9. The molecule has 0 saturated carbocycles. The lowest BCUT2D eigenvalue weighted by Crippen LogP contribution is -2.57. The Balaban J connectivity index is 1.37. The number of pyridine rings is 1. The van der Waals surface area contributed by atoms with E-state index in [4.69, 9.17) is 0 Å². The number of benzene rings is 1. The van der Waals surface area contributed by atoms with Crippen LogP contribution in [0.5, 0.6) is 5.75 Å². The molecule has 148 valence electrons. The van der Waals surface area contributed by atoms with E-state index >= 15 is 0 Å². The quantitative estimate of drug-likeness (QED) is 0.883. The SMILES string of the molecule is Cc1ccc(CN2CCC(N3CCN(c4ccc(O)cn4)CC3C)C2=O)cc1. The second-order valence-electron chi connectivity index (χ2n) is 7.96. The fraction of sp³-hybridized carbons (Fsp3) is 0.455. The first-order valence-electron chi connectivity index (χ1n) is 10.0. The largest absolute Gasteiger partial charge is 0.506 e.